The Morgan fingerprint density at radius 3 is 2.89 bits per heavy atom. The van der Waals surface area contributed by atoms with Crippen molar-refractivity contribution in [3.8, 4) is 5.69 Å². The van der Waals surface area contributed by atoms with Gasteiger partial charge in [-0.1, -0.05) is 30.0 Å². The molecule has 5 rings (SSSR count). The standard InChI is InChI=1S/C21H22N2O2S2/c24-20-18-16-10-6-11-17(16)27-19(18)22-21(23(20)14-7-2-1-3-8-14)26-13-15-9-4-5-12-25-15/h1-3,7-8,15H,4-6,9-13H2/t15-/m0/s1. The van der Waals surface area contributed by atoms with E-state index in [1.165, 1.54) is 16.9 Å². The zero-order valence-electron chi connectivity index (χ0n) is 15.1. The van der Waals surface area contributed by atoms with Gasteiger partial charge in [0.2, 0.25) is 0 Å². The lowest BCUT2D eigenvalue weighted by atomic mass is 10.1. The van der Waals surface area contributed by atoms with E-state index in [1.807, 2.05) is 30.3 Å². The Kier molecular flexibility index (Phi) is 4.80. The Morgan fingerprint density at radius 1 is 1.19 bits per heavy atom. The summed E-state index contributed by atoms with van der Waals surface area (Å²) in [6.07, 6.45) is 6.97. The van der Waals surface area contributed by atoms with Crippen LogP contribution in [-0.4, -0.2) is 28.0 Å². The molecule has 140 valence electrons. The van der Waals surface area contributed by atoms with Crippen LogP contribution in [0.25, 0.3) is 15.9 Å². The van der Waals surface area contributed by atoms with Crippen molar-refractivity contribution in [1.29, 1.82) is 0 Å². The minimum Gasteiger partial charge on any atom is -0.377 e. The van der Waals surface area contributed by atoms with Crippen molar-refractivity contribution in [2.75, 3.05) is 12.4 Å². The SMILES string of the molecule is O=c1c2c3c(sc2nc(SC[C@@H]2CCCCO2)n1-c1ccccc1)CCC3. The van der Waals surface area contributed by atoms with Gasteiger partial charge in [0, 0.05) is 17.2 Å². The van der Waals surface area contributed by atoms with Crippen LogP contribution in [0, 0.1) is 0 Å². The Balaban J connectivity index is 1.61. The summed E-state index contributed by atoms with van der Waals surface area (Å²) in [6, 6.07) is 9.91. The molecule has 1 aromatic carbocycles. The molecular weight excluding hydrogens is 376 g/mol. The van der Waals surface area contributed by atoms with E-state index in [-0.39, 0.29) is 11.7 Å². The number of rotatable bonds is 4. The van der Waals surface area contributed by atoms with Crippen LogP contribution < -0.4 is 5.56 Å². The van der Waals surface area contributed by atoms with Gasteiger partial charge in [0.05, 0.1) is 17.2 Å². The number of hydrogen-bond acceptors (Lipinski definition) is 5. The topological polar surface area (TPSA) is 44.1 Å². The minimum atomic E-state index is 0.0812. The summed E-state index contributed by atoms with van der Waals surface area (Å²) in [4.78, 5) is 20.7. The summed E-state index contributed by atoms with van der Waals surface area (Å²) < 4.78 is 7.69. The van der Waals surface area contributed by atoms with Gasteiger partial charge in [0.1, 0.15) is 4.83 Å². The van der Waals surface area contributed by atoms with Crippen molar-refractivity contribution in [2.24, 2.45) is 0 Å². The van der Waals surface area contributed by atoms with E-state index < -0.39 is 0 Å². The molecule has 4 nitrogen and oxygen atoms in total. The molecule has 0 bridgehead atoms. The second-order valence-corrected chi connectivity index (χ2v) is 9.28. The van der Waals surface area contributed by atoms with E-state index in [0.717, 1.165) is 65.5 Å². The normalized spacial score (nSPS) is 19.5. The van der Waals surface area contributed by atoms with Crippen molar-refractivity contribution in [2.45, 2.75) is 49.8 Å². The molecule has 1 atom stereocenters. The lowest BCUT2D eigenvalue weighted by Gasteiger charge is -2.22. The van der Waals surface area contributed by atoms with Crippen LogP contribution in [0.2, 0.25) is 0 Å². The zero-order valence-corrected chi connectivity index (χ0v) is 16.8. The number of aromatic nitrogens is 2. The van der Waals surface area contributed by atoms with Crippen LogP contribution in [0.5, 0.6) is 0 Å². The van der Waals surface area contributed by atoms with Gasteiger partial charge in [-0.05, 0) is 56.2 Å². The van der Waals surface area contributed by atoms with Gasteiger partial charge in [0.15, 0.2) is 5.16 Å². The highest BCUT2D eigenvalue weighted by atomic mass is 32.2. The molecule has 27 heavy (non-hydrogen) atoms. The molecule has 0 unspecified atom stereocenters. The van der Waals surface area contributed by atoms with E-state index in [4.69, 9.17) is 9.72 Å². The minimum absolute atomic E-state index is 0.0812. The molecule has 3 aromatic rings. The summed E-state index contributed by atoms with van der Waals surface area (Å²) in [7, 11) is 0. The molecule has 1 aliphatic heterocycles. The van der Waals surface area contributed by atoms with Crippen LogP contribution in [0.1, 0.15) is 36.1 Å². The molecular formula is C21H22N2O2S2. The molecule has 0 amide bonds. The number of ether oxygens (including phenoxy) is 1. The van der Waals surface area contributed by atoms with E-state index >= 15 is 0 Å². The Labute approximate surface area is 166 Å². The van der Waals surface area contributed by atoms with Crippen LogP contribution in [0.3, 0.4) is 0 Å². The Hall–Kier alpha value is -1.63. The molecule has 0 saturated carbocycles. The first-order valence-electron chi connectivity index (χ1n) is 9.68. The van der Waals surface area contributed by atoms with Gasteiger partial charge in [-0.25, -0.2) is 4.98 Å². The molecule has 0 spiro atoms. The van der Waals surface area contributed by atoms with Gasteiger partial charge in [-0.15, -0.1) is 11.3 Å². The highest BCUT2D eigenvalue weighted by molar-refractivity contribution is 7.99. The predicted molar refractivity (Wildman–Crippen MR) is 112 cm³/mol. The number of fused-ring (bicyclic) bond motifs is 3. The molecule has 1 saturated heterocycles. The van der Waals surface area contributed by atoms with Gasteiger partial charge >= 0.3 is 0 Å². The first kappa shape index (κ1) is 17.5. The molecule has 1 aliphatic carbocycles. The van der Waals surface area contributed by atoms with Gasteiger partial charge in [-0.2, -0.15) is 0 Å². The largest absolute Gasteiger partial charge is 0.377 e. The number of thiophene rings is 1. The maximum atomic E-state index is 13.5. The van der Waals surface area contributed by atoms with Crippen molar-refractivity contribution in [1.82, 2.24) is 9.55 Å². The monoisotopic (exact) mass is 398 g/mol. The molecule has 6 heteroatoms. The summed E-state index contributed by atoms with van der Waals surface area (Å²) in [5.41, 5.74) is 2.21. The Morgan fingerprint density at radius 2 is 2.07 bits per heavy atom. The van der Waals surface area contributed by atoms with E-state index in [0.29, 0.717) is 0 Å². The van der Waals surface area contributed by atoms with Crippen molar-refractivity contribution in [3.63, 3.8) is 0 Å². The third-order valence-electron chi connectivity index (χ3n) is 5.39. The Bertz CT molecular complexity index is 1020. The average Bonchev–Trinajstić information content (AvgIpc) is 3.28. The molecule has 3 heterocycles. The van der Waals surface area contributed by atoms with Crippen molar-refractivity contribution < 1.29 is 4.74 Å². The van der Waals surface area contributed by atoms with E-state index in [1.54, 1.807) is 27.7 Å². The third-order valence-corrected chi connectivity index (χ3v) is 7.65. The highest BCUT2D eigenvalue weighted by Gasteiger charge is 2.24. The third kappa shape index (κ3) is 3.24. The smallest absolute Gasteiger partial charge is 0.267 e. The van der Waals surface area contributed by atoms with Crippen LogP contribution in [0.15, 0.2) is 40.3 Å². The fourth-order valence-electron chi connectivity index (χ4n) is 4.03. The molecule has 0 radical (unpaired) electrons. The van der Waals surface area contributed by atoms with E-state index in [9.17, 15) is 4.79 Å². The molecule has 2 aliphatic rings. The maximum absolute atomic E-state index is 13.5. The van der Waals surface area contributed by atoms with Crippen LogP contribution >= 0.6 is 23.1 Å². The molecule has 1 fully saturated rings. The molecule has 0 N–H and O–H groups in total. The quantitative estimate of drug-likeness (QED) is 0.476. The van der Waals surface area contributed by atoms with E-state index in [2.05, 4.69) is 0 Å². The van der Waals surface area contributed by atoms with Crippen LogP contribution in [0.4, 0.5) is 0 Å². The first-order chi connectivity index (χ1) is 13.3. The number of thioether (sulfide) groups is 1. The number of aryl methyl sites for hydroxylation is 2. The van der Waals surface area contributed by atoms with Crippen molar-refractivity contribution >= 4 is 33.3 Å². The number of benzene rings is 1. The second-order valence-electron chi connectivity index (χ2n) is 7.21. The van der Waals surface area contributed by atoms with Crippen LogP contribution in [-0.2, 0) is 17.6 Å². The number of nitrogens with zero attached hydrogens (tertiary/aromatic N) is 2. The fraction of sp³-hybridized carbons (Fsp3) is 0.429. The highest BCUT2D eigenvalue weighted by Crippen LogP contribution is 2.36. The summed E-state index contributed by atoms with van der Waals surface area (Å²) >= 11 is 3.36. The second kappa shape index (κ2) is 7.41. The van der Waals surface area contributed by atoms with Gasteiger partial charge in [-0.3, -0.25) is 9.36 Å². The van der Waals surface area contributed by atoms with Gasteiger partial charge in [0.25, 0.3) is 5.56 Å². The summed E-state index contributed by atoms with van der Waals surface area (Å²) in [5, 5.41) is 1.63. The molecule has 2 aromatic heterocycles. The predicted octanol–water partition coefficient (Wildman–Crippen LogP) is 4.60. The zero-order chi connectivity index (χ0) is 18.2. The fourth-order valence-corrected chi connectivity index (χ4v) is 6.41. The lowest BCUT2D eigenvalue weighted by molar-refractivity contribution is 0.0315. The maximum Gasteiger partial charge on any atom is 0.267 e. The summed E-state index contributed by atoms with van der Waals surface area (Å²) in [5.74, 6) is 0.843. The average molecular weight is 399 g/mol. The number of para-hydroxylation sites is 1. The van der Waals surface area contributed by atoms with Gasteiger partial charge < -0.3 is 4.74 Å². The van der Waals surface area contributed by atoms with Crippen molar-refractivity contribution in [3.05, 3.63) is 51.1 Å². The first-order valence-corrected chi connectivity index (χ1v) is 11.5. The lowest BCUT2D eigenvalue weighted by Crippen LogP contribution is -2.24. The summed E-state index contributed by atoms with van der Waals surface area (Å²) in [6.45, 7) is 0.848. The number of hydrogen-bond donors (Lipinski definition) is 0.